The molecule has 0 aliphatic rings. The molecule has 6 nitrogen and oxygen atoms in total. The number of nitrogens with zero attached hydrogens (tertiary/aromatic N) is 1. The molecule has 0 spiro atoms. The van der Waals surface area contributed by atoms with Crippen LogP contribution >= 0.6 is 11.6 Å². The van der Waals surface area contributed by atoms with Crippen molar-refractivity contribution in [1.82, 2.24) is 4.72 Å². The lowest BCUT2D eigenvalue weighted by Gasteiger charge is -2.09. The molecule has 19 heavy (non-hydrogen) atoms. The molecule has 0 unspecified atom stereocenters. The van der Waals surface area contributed by atoms with Crippen LogP contribution in [0.4, 0.5) is 5.69 Å². The largest absolute Gasteiger partial charge is 0.289 e. The third-order valence-electron chi connectivity index (χ3n) is 2.66. The molecule has 0 aliphatic carbocycles. The maximum atomic E-state index is 12.0. The molecular formula is C11H15ClN2O4S. The number of halogens is 1. The maximum Gasteiger partial charge on any atom is 0.289 e. The van der Waals surface area contributed by atoms with E-state index in [1.54, 1.807) is 13.8 Å². The summed E-state index contributed by atoms with van der Waals surface area (Å²) in [6.07, 6.45) is 0.458. The number of nitro groups is 1. The van der Waals surface area contributed by atoms with Gasteiger partial charge in [0.1, 0.15) is 0 Å². The van der Waals surface area contributed by atoms with Crippen molar-refractivity contribution in [2.24, 2.45) is 0 Å². The summed E-state index contributed by atoms with van der Waals surface area (Å²) in [5, 5.41) is 11.0. The van der Waals surface area contributed by atoms with Gasteiger partial charge in [-0.1, -0.05) is 0 Å². The summed E-state index contributed by atoms with van der Waals surface area (Å²) in [4.78, 5) is 9.95. The summed E-state index contributed by atoms with van der Waals surface area (Å²) in [5.74, 6) is 0.317. The van der Waals surface area contributed by atoms with Gasteiger partial charge in [-0.05, 0) is 37.5 Å². The summed E-state index contributed by atoms with van der Waals surface area (Å²) in [6, 6.07) is 2.59. The first-order valence-corrected chi connectivity index (χ1v) is 7.62. The SMILES string of the molecule is Cc1cc([N+](=O)[O-])c(S(=O)(=O)NCCCCl)cc1C. The lowest BCUT2D eigenvalue weighted by atomic mass is 10.1. The molecule has 1 N–H and O–H groups in total. The van der Waals surface area contributed by atoms with Crippen LogP contribution in [-0.2, 0) is 10.0 Å². The van der Waals surface area contributed by atoms with Crippen molar-refractivity contribution in [3.05, 3.63) is 33.4 Å². The Morgan fingerprint density at radius 1 is 1.32 bits per heavy atom. The zero-order valence-corrected chi connectivity index (χ0v) is 12.2. The van der Waals surface area contributed by atoms with E-state index in [1.807, 2.05) is 0 Å². The van der Waals surface area contributed by atoms with Gasteiger partial charge in [0.05, 0.1) is 4.92 Å². The molecule has 0 heterocycles. The highest BCUT2D eigenvalue weighted by atomic mass is 35.5. The molecule has 1 aromatic carbocycles. The smallest absolute Gasteiger partial charge is 0.258 e. The van der Waals surface area contributed by atoms with Crippen molar-refractivity contribution >= 4 is 27.3 Å². The van der Waals surface area contributed by atoms with Crippen LogP contribution in [0.2, 0.25) is 0 Å². The van der Waals surface area contributed by atoms with Gasteiger partial charge in [0.2, 0.25) is 10.0 Å². The number of hydrogen-bond acceptors (Lipinski definition) is 4. The molecule has 1 aromatic rings. The van der Waals surface area contributed by atoms with Gasteiger partial charge < -0.3 is 0 Å². The predicted octanol–water partition coefficient (Wildman–Crippen LogP) is 2.12. The third-order valence-corrected chi connectivity index (χ3v) is 4.42. The summed E-state index contributed by atoms with van der Waals surface area (Å²) in [5.41, 5.74) is 0.941. The van der Waals surface area contributed by atoms with Crippen LogP contribution in [0.15, 0.2) is 17.0 Å². The van der Waals surface area contributed by atoms with E-state index in [4.69, 9.17) is 11.6 Å². The summed E-state index contributed by atoms with van der Waals surface area (Å²) >= 11 is 5.46. The molecule has 0 saturated carbocycles. The standard InChI is InChI=1S/C11H15ClN2O4S/c1-8-6-10(14(15)16)11(7-9(8)2)19(17,18)13-5-3-4-12/h6-7,13H,3-5H2,1-2H3. The zero-order valence-electron chi connectivity index (χ0n) is 10.6. The second-order valence-electron chi connectivity index (χ2n) is 4.10. The van der Waals surface area contributed by atoms with Gasteiger partial charge >= 0.3 is 0 Å². The molecule has 0 amide bonds. The van der Waals surface area contributed by atoms with Gasteiger partial charge in [-0.2, -0.15) is 0 Å². The Hall–Kier alpha value is -1.18. The molecule has 0 bridgehead atoms. The number of hydrogen-bond donors (Lipinski definition) is 1. The zero-order chi connectivity index (χ0) is 14.6. The topological polar surface area (TPSA) is 89.3 Å². The molecule has 0 atom stereocenters. The Morgan fingerprint density at radius 2 is 1.89 bits per heavy atom. The fourth-order valence-corrected chi connectivity index (χ4v) is 2.93. The molecule has 0 saturated heterocycles. The van der Waals surface area contributed by atoms with E-state index in [2.05, 4.69) is 4.72 Å². The lowest BCUT2D eigenvalue weighted by molar-refractivity contribution is -0.387. The van der Waals surface area contributed by atoms with E-state index >= 15 is 0 Å². The Morgan fingerprint density at radius 3 is 2.42 bits per heavy atom. The molecule has 1 rings (SSSR count). The molecule has 8 heteroatoms. The van der Waals surface area contributed by atoms with E-state index in [0.29, 0.717) is 23.4 Å². The first-order chi connectivity index (χ1) is 8.79. The number of benzene rings is 1. The maximum absolute atomic E-state index is 12.0. The van der Waals surface area contributed by atoms with Crippen LogP contribution in [-0.4, -0.2) is 25.8 Å². The number of nitrogens with one attached hydrogen (secondary N) is 1. The normalized spacial score (nSPS) is 11.5. The van der Waals surface area contributed by atoms with Crippen molar-refractivity contribution in [3.8, 4) is 0 Å². The molecule has 0 fully saturated rings. The van der Waals surface area contributed by atoms with Gasteiger partial charge in [-0.15, -0.1) is 11.6 Å². The fraction of sp³-hybridized carbons (Fsp3) is 0.455. The molecular weight excluding hydrogens is 292 g/mol. The van der Waals surface area contributed by atoms with Gasteiger partial charge in [0.15, 0.2) is 4.90 Å². The van der Waals surface area contributed by atoms with Crippen LogP contribution in [0, 0.1) is 24.0 Å². The van der Waals surface area contributed by atoms with Crippen LogP contribution in [0.1, 0.15) is 17.5 Å². The highest BCUT2D eigenvalue weighted by Crippen LogP contribution is 2.27. The minimum Gasteiger partial charge on any atom is -0.258 e. The second-order valence-corrected chi connectivity index (χ2v) is 6.21. The first kappa shape index (κ1) is 15.9. The third kappa shape index (κ3) is 3.89. The summed E-state index contributed by atoms with van der Waals surface area (Å²) < 4.78 is 26.4. The average Bonchev–Trinajstić information content (AvgIpc) is 2.31. The number of rotatable bonds is 6. The number of aryl methyl sites for hydroxylation is 2. The quantitative estimate of drug-likeness (QED) is 0.377. The highest BCUT2D eigenvalue weighted by Gasteiger charge is 2.26. The van der Waals surface area contributed by atoms with Crippen LogP contribution < -0.4 is 4.72 Å². The Labute approximate surface area is 117 Å². The van der Waals surface area contributed by atoms with Crippen molar-refractivity contribution in [2.45, 2.75) is 25.2 Å². The molecule has 0 aliphatic heterocycles. The number of alkyl halides is 1. The van der Waals surface area contributed by atoms with Crippen LogP contribution in [0.25, 0.3) is 0 Å². The number of sulfonamides is 1. The first-order valence-electron chi connectivity index (χ1n) is 5.61. The van der Waals surface area contributed by atoms with E-state index in [0.717, 1.165) is 0 Å². The highest BCUT2D eigenvalue weighted by molar-refractivity contribution is 7.89. The van der Waals surface area contributed by atoms with Gasteiger partial charge in [-0.25, -0.2) is 13.1 Å². The van der Waals surface area contributed by atoms with Crippen molar-refractivity contribution in [1.29, 1.82) is 0 Å². The lowest BCUT2D eigenvalue weighted by Crippen LogP contribution is -2.26. The number of nitro benzene ring substituents is 1. The van der Waals surface area contributed by atoms with Gasteiger partial charge in [-0.3, -0.25) is 10.1 Å². The minimum atomic E-state index is -3.90. The van der Waals surface area contributed by atoms with Crippen LogP contribution in [0.3, 0.4) is 0 Å². The van der Waals surface area contributed by atoms with Crippen molar-refractivity contribution in [2.75, 3.05) is 12.4 Å². The Bertz CT molecular complexity index is 587. The molecule has 106 valence electrons. The van der Waals surface area contributed by atoms with Gasteiger partial charge in [0.25, 0.3) is 5.69 Å². The fourth-order valence-electron chi connectivity index (χ4n) is 1.48. The second kappa shape index (κ2) is 6.31. The van der Waals surface area contributed by atoms with E-state index in [9.17, 15) is 18.5 Å². The van der Waals surface area contributed by atoms with E-state index in [1.165, 1.54) is 12.1 Å². The van der Waals surface area contributed by atoms with E-state index < -0.39 is 20.6 Å². The molecule has 0 radical (unpaired) electrons. The summed E-state index contributed by atoms with van der Waals surface area (Å²) in [6.45, 7) is 3.55. The van der Waals surface area contributed by atoms with E-state index in [-0.39, 0.29) is 11.4 Å². The van der Waals surface area contributed by atoms with Gasteiger partial charge in [0, 0.05) is 18.5 Å². The minimum absolute atomic E-state index is 0.149. The predicted molar refractivity (Wildman–Crippen MR) is 73.1 cm³/mol. The van der Waals surface area contributed by atoms with Crippen molar-refractivity contribution < 1.29 is 13.3 Å². The van der Waals surface area contributed by atoms with Crippen molar-refractivity contribution in [3.63, 3.8) is 0 Å². The molecule has 0 aromatic heterocycles. The Kier molecular flexibility index (Phi) is 5.28. The Balaban J connectivity index is 3.25. The summed E-state index contributed by atoms with van der Waals surface area (Å²) in [7, 11) is -3.90. The monoisotopic (exact) mass is 306 g/mol. The average molecular weight is 307 g/mol. The van der Waals surface area contributed by atoms with Crippen LogP contribution in [0.5, 0.6) is 0 Å².